The van der Waals surface area contributed by atoms with Crippen molar-refractivity contribution >= 4 is 28.3 Å². The zero-order valence-electron chi connectivity index (χ0n) is 10.4. The summed E-state index contributed by atoms with van der Waals surface area (Å²) in [7, 11) is -2.66. The Morgan fingerprint density at radius 2 is 2.05 bits per heavy atom. The lowest BCUT2D eigenvalue weighted by Gasteiger charge is -2.13. The van der Waals surface area contributed by atoms with Crippen LogP contribution in [0.3, 0.4) is 0 Å². The molecule has 0 saturated carbocycles. The number of carbonyl (C=O) groups excluding carboxylic acids is 1. The van der Waals surface area contributed by atoms with Crippen LogP contribution in [0.1, 0.15) is 10.6 Å². The van der Waals surface area contributed by atoms with Crippen molar-refractivity contribution in [1.82, 2.24) is 10.0 Å². The third-order valence-electron chi connectivity index (χ3n) is 2.14. The normalized spacial score (nSPS) is 11.8. The van der Waals surface area contributed by atoms with Gasteiger partial charge >= 0.3 is 0 Å². The number of hydrogen-bond acceptors (Lipinski definition) is 5. The SMILES string of the molecule is CNS(=O)(=O)c1ccc(C(=O)NCC(F)(F)CN)o1.Cl. The van der Waals surface area contributed by atoms with Gasteiger partial charge in [0.15, 0.2) is 5.76 Å². The van der Waals surface area contributed by atoms with Gasteiger partial charge in [-0.05, 0) is 19.2 Å². The first-order chi connectivity index (χ1) is 8.72. The maximum absolute atomic E-state index is 12.8. The first-order valence-electron chi connectivity index (χ1n) is 5.11. The molecule has 0 bridgehead atoms. The molecule has 0 aromatic carbocycles. The van der Waals surface area contributed by atoms with Gasteiger partial charge in [0.05, 0.1) is 13.1 Å². The molecule has 116 valence electrons. The fraction of sp³-hybridized carbons (Fsp3) is 0.444. The highest BCUT2D eigenvalue weighted by atomic mass is 35.5. The summed E-state index contributed by atoms with van der Waals surface area (Å²) >= 11 is 0. The Hall–Kier alpha value is -1.23. The molecular formula is C9H14ClF2N3O4S. The Labute approximate surface area is 120 Å². The zero-order valence-corrected chi connectivity index (χ0v) is 12.0. The van der Waals surface area contributed by atoms with Gasteiger partial charge in [-0.2, -0.15) is 0 Å². The first-order valence-corrected chi connectivity index (χ1v) is 6.59. The minimum Gasteiger partial charge on any atom is -0.438 e. The van der Waals surface area contributed by atoms with Crippen molar-refractivity contribution < 1.29 is 26.4 Å². The second-order valence-electron chi connectivity index (χ2n) is 3.57. The van der Waals surface area contributed by atoms with Gasteiger partial charge in [-0.25, -0.2) is 21.9 Å². The summed E-state index contributed by atoms with van der Waals surface area (Å²) in [5.74, 6) is -4.57. The van der Waals surface area contributed by atoms with E-state index in [2.05, 4.69) is 0 Å². The van der Waals surface area contributed by atoms with Gasteiger partial charge in [0, 0.05) is 0 Å². The van der Waals surface area contributed by atoms with Crippen LogP contribution in [0.25, 0.3) is 0 Å². The second-order valence-corrected chi connectivity index (χ2v) is 5.39. The van der Waals surface area contributed by atoms with Gasteiger partial charge in [0.2, 0.25) is 5.09 Å². The molecule has 1 rings (SSSR count). The number of halogens is 3. The number of sulfonamides is 1. The van der Waals surface area contributed by atoms with E-state index in [1.807, 2.05) is 10.0 Å². The van der Waals surface area contributed by atoms with Crippen molar-refractivity contribution in [2.75, 3.05) is 20.1 Å². The van der Waals surface area contributed by atoms with Crippen LogP contribution in [0.4, 0.5) is 8.78 Å². The molecule has 0 atom stereocenters. The number of carbonyl (C=O) groups is 1. The quantitative estimate of drug-likeness (QED) is 0.674. The minimum absolute atomic E-state index is 0. The highest BCUT2D eigenvalue weighted by Gasteiger charge is 2.28. The van der Waals surface area contributed by atoms with Crippen LogP contribution in [-0.4, -0.2) is 40.4 Å². The molecule has 1 aromatic heterocycles. The fourth-order valence-corrected chi connectivity index (χ4v) is 1.70. The smallest absolute Gasteiger partial charge is 0.287 e. The van der Waals surface area contributed by atoms with Gasteiger partial charge in [-0.3, -0.25) is 4.79 Å². The van der Waals surface area contributed by atoms with Crippen molar-refractivity contribution in [2.45, 2.75) is 11.0 Å². The first kappa shape index (κ1) is 18.8. The standard InChI is InChI=1S/C9H13F2N3O4S.ClH/c1-13-19(16,17)7-3-2-6(18-7)8(15)14-5-9(10,11)4-12;/h2-3,13H,4-5,12H2,1H3,(H,14,15);1H. The van der Waals surface area contributed by atoms with Gasteiger partial charge in [0.25, 0.3) is 21.9 Å². The number of amides is 1. The number of nitrogens with two attached hydrogens (primary N) is 1. The van der Waals surface area contributed by atoms with E-state index in [9.17, 15) is 22.0 Å². The van der Waals surface area contributed by atoms with E-state index < -0.39 is 40.0 Å². The molecule has 0 unspecified atom stereocenters. The second kappa shape index (κ2) is 6.97. The Balaban J connectivity index is 0.00000361. The molecule has 1 aromatic rings. The predicted molar refractivity (Wildman–Crippen MR) is 68.5 cm³/mol. The molecular weight excluding hydrogens is 320 g/mol. The zero-order chi connectivity index (χ0) is 14.7. The molecule has 0 spiro atoms. The molecule has 20 heavy (non-hydrogen) atoms. The van der Waals surface area contributed by atoms with Crippen LogP contribution in [0.15, 0.2) is 21.6 Å². The maximum Gasteiger partial charge on any atom is 0.287 e. The molecule has 4 N–H and O–H groups in total. The molecule has 0 aliphatic heterocycles. The minimum atomic E-state index is -3.82. The van der Waals surface area contributed by atoms with Crippen LogP contribution in [0.2, 0.25) is 0 Å². The van der Waals surface area contributed by atoms with E-state index in [0.717, 1.165) is 12.1 Å². The van der Waals surface area contributed by atoms with E-state index in [1.54, 1.807) is 0 Å². The summed E-state index contributed by atoms with van der Waals surface area (Å²) < 4.78 is 55.0. The molecule has 0 aliphatic carbocycles. The highest BCUT2D eigenvalue weighted by Crippen LogP contribution is 2.14. The van der Waals surface area contributed by atoms with Gasteiger partial charge in [0.1, 0.15) is 0 Å². The third kappa shape index (κ3) is 4.71. The summed E-state index contributed by atoms with van der Waals surface area (Å²) in [5.41, 5.74) is 4.80. The van der Waals surface area contributed by atoms with Crippen molar-refractivity contribution in [1.29, 1.82) is 0 Å². The van der Waals surface area contributed by atoms with Crippen molar-refractivity contribution in [3.05, 3.63) is 17.9 Å². The fourth-order valence-electron chi connectivity index (χ4n) is 1.06. The summed E-state index contributed by atoms with van der Waals surface area (Å²) in [5, 5.41) is 1.41. The summed E-state index contributed by atoms with van der Waals surface area (Å²) in [6.45, 7) is -1.87. The number of nitrogens with one attached hydrogen (secondary N) is 2. The maximum atomic E-state index is 12.8. The van der Waals surface area contributed by atoms with Crippen molar-refractivity contribution in [3.63, 3.8) is 0 Å². The largest absolute Gasteiger partial charge is 0.438 e. The molecule has 0 radical (unpaired) electrons. The summed E-state index contributed by atoms with van der Waals surface area (Å²) in [6, 6.07) is 2.11. The lowest BCUT2D eigenvalue weighted by molar-refractivity contribution is 0.0115. The number of alkyl halides is 2. The lowest BCUT2D eigenvalue weighted by Crippen LogP contribution is -2.41. The van der Waals surface area contributed by atoms with Crippen LogP contribution < -0.4 is 15.8 Å². The summed E-state index contributed by atoms with van der Waals surface area (Å²) in [6.07, 6.45) is 0. The number of hydrogen-bond donors (Lipinski definition) is 3. The summed E-state index contributed by atoms with van der Waals surface area (Å²) in [4.78, 5) is 11.4. The van der Waals surface area contributed by atoms with Crippen LogP contribution >= 0.6 is 12.4 Å². The van der Waals surface area contributed by atoms with Crippen LogP contribution in [0.5, 0.6) is 0 Å². The topological polar surface area (TPSA) is 114 Å². The van der Waals surface area contributed by atoms with E-state index in [4.69, 9.17) is 10.2 Å². The van der Waals surface area contributed by atoms with Gasteiger partial charge in [-0.1, -0.05) is 0 Å². The van der Waals surface area contributed by atoms with Crippen LogP contribution in [0, 0.1) is 0 Å². The van der Waals surface area contributed by atoms with Gasteiger partial charge < -0.3 is 15.5 Å². The van der Waals surface area contributed by atoms with E-state index in [0.29, 0.717) is 0 Å². The van der Waals surface area contributed by atoms with Crippen LogP contribution in [-0.2, 0) is 10.0 Å². The van der Waals surface area contributed by atoms with Crippen molar-refractivity contribution in [3.8, 4) is 0 Å². The molecule has 1 amide bonds. The Morgan fingerprint density at radius 3 is 2.55 bits per heavy atom. The monoisotopic (exact) mass is 333 g/mol. The Kier molecular flexibility index (Phi) is 6.54. The Bertz CT molecular complexity index is 561. The third-order valence-corrected chi connectivity index (χ3v) is 3.43. The molecule has 0 fully saturated rings. The van der Waals surface area contributed by atoms with E-state index in [-0.39, 0.29) is 18.2 Å². The number of furan rings is 1. The highest BCUT2D eigenvalue weighted by molar-refractivity contribution is 7.89. The molecule has 1 heterocycles. The molecule has 0 aliphatic rings. The van der Waals surface area contributed by atoms with E-state index >= 15 is 0 Å². The average molecular weight is 334 g/mol. The predicted octanol–water partition coefficient (Wildman–Crippen LogP) is -0.0667. The molecule has 0 saturated heterocycles. The average Bonchev–Trinajstić information content (AvgIpc) is 2.86. The van der Waals surface area contributed by atoms with Crippen molar-refractivity contribution in [2.24, 2.45) is 5.73 Å². The van der Waals surface area contributed by atoms with E-state index in [1.165, 1.54) is 7.05 Å². The molecule has 7 nitrogen and oxygen atoms in total. The number of rotatable bonds is 6. The lowest BCUT2D eigenvalue weighted by atomic mass is 10.3. The molecule has 11 heteroatoms. The Morgan fingerprint density at radius 1 is 1.45 bits per heavy atom. The van der Waals surface area contributed by atoms with Gasteiger partial charge in [-0.15, -0.1) is 12.4 Å².